The summed E-state index contributed by atoms with van der Waals surface area (Å²) in [7, 11) is 0. The van der Waals surface area contributed by atoms with Crippen molar-refractivity contribution in [1.29, 1.82) is 0 Å². The molecule has 1 amide bonds. The van der Waals surface area contributed by atoms with Crippen molar-refractivity contribution in [3.8, 4) is 11.5 Å². The van der Waals surface area contributed by atoms with Gasteiger partial charge in [-0.05, 0) is 54.4 Å². The number of aryl methyl sites for hydroxylation is 1. The van der Waals surface area contributed by atoms with Crippen LogP contribution in [0.3, 0.4) is 0 Å². The lowest BCUT2D eigenvalue weighted by Crippen LogP contribution is -2.14. The Labute approximate surface area is 157 Å². The number of hydrogen-bond acceptors (Lipinski definition) is 5. The Bertz CT molecular complexity index is 988. The highest BCUT2D eigenvalue weighted by Crippen LogP contribution is 2.32. The monoisotopic (exact) mass is 361 g/mol. The maximum absolute atomic E-state index is 12.4. The Balaban J connectivity index is 1.42. The van der Waals surface area contributed by atoms with Crippen molar-refractivity contribution in [3.63, 3.8) is 0 Å². The summed E-state index contributed by atoms with van der Waals surface area (Å²) in [6.45, 7) is 2.84. The number of aromatic nitrogens is 1. The topological polar surface area (TPSA) is 72.5 Å². The molecule has 27 heavy (non-hydrogen) atoms. The van der Waals surface area contributed by atoms with Gasteiger partial charge in [0.05, 0.1) is 0 Å². The van der Waals surface area contributed by atoms with Crippen molar-refractivity contribution >= 4 is 17.3 Å². The molecule has 0 saturated heterocycles. The van der Waals surface area contributed by atoms with Gasteiger partial charge in [0.1, 0.15) is 5.69 Å². The van der Waals surface area contributed by atoms with E-state index in [9.17, 15) is 4.79 Å². The van der Waals surface area contributed by atoms with E-state index in [-0.39, 0.29) is 12.7 Å². The molecule has 0 aliphatic carbocycles. The van der Waals surface area contributed by atoms with Crippen molar-refractivity contribution in [2.45, 2.75) is 13.5 Å². The number of carbonyl (C=O) groups is 1. The second-order valence-corrected chi connectivity index (χ2v) is 6.29. The van der Waals surface area contributed by atoms with E-state index >= 15 is 0 Å². The van der Waals surface area contributed by atoms with Crippen LogP contribution in [0.4, 0.5) is 11.4 Å². The molecular weight excluding hydrogens is 342 g/mol. The van der Waals surface area contributed by atoms with Crippen LogP contribution in [0.25, 0.3) is 0 Å². The largest absolute Gasteiger partial charge is 0.454 e. The molecule has 136 valence electrons. The Morgan fingerprint density at radius 1 is 1.04 bits per heavy atom. The van der Waals surface area contributed by atoms with Crippen molar-refractivity contribution in [2.75, 3.05) is 17.4 Å². The lowest BCUT2D eigenvalue weighted by molar-refractivity contribution is 0.102. The number of hydrogen-bond donors (Lipinski definition) is 2. The first-order valence-corrected chi connectivity index (χ1v) is 8.64. The average molecular weight is 361 g/mol. The van der Waals surface area contributed by atoms with Gasteiger partial charge in [-0.15, -0.1) is 0 Å². The van der Waals surface area contributed by atoms with Crippen molar-refractivity contribution in [3.05, 3.63) is 77.6 Å². The van der Waals surface area contributed by atoms with Crippen molar-refractivity contribution in [2.24, 2.45) is 0 Å². The molecule has 1 aliphatic rings. The van der Waals surface area contributed by atoms with Gasteiger partial charge in [0, 0.05) is 24.1 Å². The lowest BCUT2D eigenvalue weighted by Gasteiger charge is -2.09. The first kappa shape index (κ1) is 16.9. The minimum atomic E-state index is -0.243. The lowest BCUT2D eigenvalue weighted by atomic mass is 10.2. The molecular formula is C21H19N3O3. The fourth-order valence-electron chi connectivity index (χ4n) is 2.84. The summed E-state index contributed by atoms with van der Waals surface area (Å²) in [6.07, 6.45) is 1.62. The summed E-state index contributed by atoms with van der Waals surface area (Å²) in [6, 6.07) is 17.0. The van der Waals surface area contributed by atoms with Crippen molar-refractivity contribution < 1.29 is 14.3 Å². The van der Waals surface area contributed by atoms with E-state index in [1.807, 2.05) is 55.5 Å². The second-order valence-electron chi connectivity index (χ2n) is 6.29. The summed E-state index contributed by atoms with van der Waals surface area (Å²) in [4.78, 5) is 16.6. The molecule has 0 spiro atoms. The molecule has 4 rings (SSSR count). The number of amides is 1. The summed E-state index contributed by atoms with van der Waals surface area (Å²) in [5.74, 6) is 1.27. The number of fused-ring (bicyclic) bond motifs is 1. The zero-order valence-corrected chi connectivity index (χ0v) is 14.9. The smallest absolute Gasteiger partial charge is 0.274 e. The van der Waals surface area contributed by atoms with Crippen LogP contribution in [-0.2, 0) is 6.54 Å². The third-order valence-corrected chi connectivity index (χ3v) is 4.20. The predicted octanol–water partition coefficient (Wildman–Crippen LogP) is 3.98. The van der Waals surface area contributed by atoms with Crippen LogP contribution in [-0.4, -0.2) is 17.7 Å². The highest BCUT2D eigenvalue weighted by molar-refractivity contribution is 6.03. The van der Waals surface area contributed by atoms with Gasteiger partial charge in [-0.3, -0.25) is 9.78 Å². The molecule has 0 bridgehead atoms. The minimum absolute atomic E-state index is 0.243. The molecule has 0 radical (unpaired) electrons. The van der Waals surface area contributed by atoms with Crippen LogP contribution in [0.1, 0.15) is 21.6 Å². The normalized spacial score (nSPS) is 11.9. The van der Waals surface area contributed by atoms with Crippen molar-refractivity contribution in [1.82, 2.24) is 4.98 Å². The number of pyridine rings is 1. The summed E-state index contributed by atoms with van der Waals surface area (Å²) in [5, 5.41) is 6.17. The van der Waals surface area contributed by atoms with Gasteiger partial charge < -0.3 is 20.1 Å². The summed E-state index contributed by atoms with van der Waals surface area (Å²) < 4.78 is 10.7. The third-order valence-electron chi connectivity index (χ3n) is 4.20. The van der Waals surface area contributed by atoms with E-state index in [2.05, 4.69) is 15.6 Å². The second kappa shape index (κ2) is 7.37. The van der Waals surface area contributed by atoms with Crippen LogP contribution in [0.2, 0.25) is 0 Å². The number of benzene rings is 2. The molecule has 6 heteroatoms. The number of carbonyl (C=O) groups excluding carboxylic acids is 1. The van der Waals surface area contributed by atoms with Gasteiger partial charge in [-0.1, -0.05) is 18.2 Å². The number of nitrogens with zero attached hydrogens (tertiary/aromatic N) is 1. The van der Waals surface area contributed by atoms with E-state index in [1.54, 1.807) is 12.3 Å². The average Bonchev–Trinajstić information content (AvgIpc) is 3.14. The van der Waals surface area contributed by atoms with E-state index in [1.165, 1.54) is 0 Å². The Morgan fingerprint density at radius 2 is 1.93 bits per heavy atom. The molecule has 2 N–H and O–H groups in total. The molecule has 2 heterocycles. The number of anilines is 2. The Hall–Kier alpha value is -3.54. The molecule has 3 aromatic rings. The van der Waals surface area contributed by atoms with Gasteiger partial charge >= 0.3 is 0 Å². The molecule has 6 nitrogen and oxygen atoms in total. The maximum Gasteiger partial charge on any atom is 0.274 e. The SMILES string of the molecule is Cc1cccc(NC(=O)c2cc(NCc3ccc4c(c3)OCO4)ccn2)c1. The molecule has 0 saturated carbocycles. The van der Waals surface area contributed by atoms with Crippen LogP contribution in [0.5, 0.6) is 11.5 Å². The van der Waals surface area contributed by atoms with E-state index in [0.717, 1.165) is 34.0 Å². The number of ether oxygens (including phenoxy) is 2. The summed E-state index contributed by atoms with van der Waals surface area (Å²) >= 11 is 0. The highest BCUT2D eigenvalue weighted by Gasteiger charge is 2.13. The fraction of sp³-hybridized carbons (Fsp3) is 0.143. The van der Waals surface area contributed by atoms with Gasteiger partial charge in [-0.2, -0.15) is 0 Å². The van der Waals surface area contributed by atoms with Gasteiger partial charge in [0.25, 0.3) is 5.91 Å². The molecule has 0 unspecified atom stereocenters. The van der Waals surface area contributed by atoms with E-state index in [0.29, 0.717) is 12.2 Å². The number of rotatable bonds is 5. The molecule has 1 aromatic heterocycles. The third kappa shape index (κ3) is 4.00. The fourth-order valence-corrected chi connectivity index (χ4v) is 2.84. The Kier molecular flexibility index (Phi) is 4.61. The maximum atomic E-state index is 12.4. The van der Waals surface area contributed by atoms with E-state index in [4.69, 9.17) is 9.47 Å². The molecule has 0 fully saturated rings. The first-order valence-electron chi connectivity index (χ1n) is 8.64. The van der Waals surface area contributed by atoms with E-state index < -0.39 is 0 Å². The first-order chi connectivity index (χ1) is 13.2. The standard InChI is InChI=1S/C21H19N3O3/c1-14-3-2-4-17(9-14)24-21(25)18-11-16(7-8-22-18)23-12-15-5-6-19-20(10-15)27-13-26-19/h2-11H,12-13H2,1H3,(H,22,23)(H,24,25). The van der Waals surface area contributed by atoms with Crippen LogP contribution in [0.15, 0.2) is 60.8 Å². The molecule has 0 atom stereocenters. The minimum Gasteiger partial charge on any atom is -0.454 e. The van der Waals surface area contributed by atoms with Gasteiger partial charge in [0.2, 0.25) is 6.79 Å². The van der Waals surface area contributed by atoms with Gasteiger partial charge in [-0.25, -0.2) is 0 Å². The zero-order chi connectivity index (χ0) is 18.6. The quantitative estimate of drug-likeness (QED) is 0.719. The highest BCUT2D eigenvalue weighted by atomic mass is 16.7. The Morgan fingerprint density at radius 3 is 2.81 bits per heavy atom. The van der Waals surface area contributed by atoms with Crippen LogP contribution in [0, 0.1) is 6.92 Å². The van der Waals surface area contributed by atoms with Crippen LogP contribution >= 0.6 is 0 Å². The molecule has 2 aromatic carbocycles. The van der Waals surface area contributed by atoms with Crippen LogP contribution < -0.4 is 20.1 Å². The predicted molar refractivity (Wildman–Crippen MR) is 103 cm³/mol. The molecule has 1 aliphatic heterocycles. The zero-order valence-electron chi connectivity index (χ0n) is 14.9. The van der Waals surface area contributed by atoms with Gasteiger partial charge in [0.15, 0.2) is 11.5 Å². The number of nitrogens with one attached hydrogen (secondary N) is 2. The summed E-state index contributed by atoms with van der Waals surface area (Å²) in [5.41, 5.74) is 4.06.